The average molecular weight is 394 g/mol. The van der Waals surface area contributed by atoms with Gasteiger partial charge in [0.1, 0.15) is 0 Å². The molecule has 3 aliphatic rings. The highest BCUT2D eigenvalue weighted by molar-refractivity contribution is 5.96. The lowest BCUT2D eigenvalue weighted by molar-refractivity contribution is -0.140. The molecule has 29 heavy (non-hydrogen) atoms. The maximum atomic E-state index is 13.3. The van der Waals surface area contributed by atoms with Crippen LogP contribution in [0.1, 0.15) is 43.7 Å². The number of hydrogen-bond donors (Lipinski definition) is 4. The summed E-state index contributed by atoms with van der Waals surface area (Å²) in [5, 5.41) is 24.8. The summed E-state index contributed by atoms with van der Waals surface area (Å²) in [4.78, 5) is 25.6. The molecule has 1 spiro atoms. The van der Waals surface area contributed by atoms with Gasteiger partial charge >= 0.3 is 0 Å². The van der Waals surface area contributed by atoms with Crippen LogP contribution in [0.2, 0.25) is 0 Å². The van der Waals surface area contributed by atoms with E-state index in [9.17, 15) is 14.8 Å². The third-order valence-corrected chi connectivity index (χ3v) is 6.71. The maximum absolute atomic E-state index is 13.3. The van der Waals surface area contributed by atoms with Gasteiger partial charge in [0, 0.05) is 13.1 Å². The maximum Gasteiger partial charge on any atom is 0.248 e. The Labute approximate surface area is 170 Å². The molecule has 1 aliphatic carbocycles. The fraction of sp³-hybridized carbons (Fsp3) is 0.500. The molecule has 152 valence electrons. The molecule has 1 saturated heterocycles. The first kappa shape index (κ1) is 19.8. The van der Waals surface area contributed by atoms with Crippen molar-refractivity contribution in [1.82, 2.24) is 16.1 Å². The normalized spacial score (nSPS) is 28.0. The van der Waals surface area contributed by atoms with Crippen molar-refractivity contribution in [3.63, 3.8) is 0 Å². The zero-order valence-corrected chi connectivity index (χ0v) is 16.5. The van der Waals surface area contributed by atoms with Gasteiger partial charge in [0.15, 0.2) is 5.78 Å². The summed E-state index contributed by atoms with van der Waals surface area (Å²) in [6.45, 7) is 3.38. The Kier molecular flexibility index (Phi) is 5.26. The molecular weight excluding hydrogens is 368 g/mol. The molecule has 3 unspecified atom stereocenters. The zero-order valence-electron chi connectivity index (χ0n) is 16.5. The van der Waals surface area contributed by atoms with Crippen molar-refractivity contribution in [2.75, 3.05) is 13.1 Å². The largest absolute Gasteiger partial charge is 0.306 e. The molecule has 2 fully saturated rings. The third kappa shape index (κ3) is 3.84. The lowest BCUT2D eigenvalue weighted by Crippen LogP contribution is -2.59. The number of Topliss-reactive ketones (excluding diaryl/α,β-unsaturated/α-hetero) is 1. The molecule has 3 atom stereocenters. The summed E-state index contributed by atoms with van der Waals surface area (Å²) in [6.07, 6.45) is 3.28. The SMILES string of the molecule is CC1=C(c2ccc(C#N)cc2)CC(C(=O)C2NCC3(CC3)CC2C(=O)NO)NC1. The molecule has 1 amide bonds. The number of hydrogen-bond acceptors (Lipinski definition) is 6. The number of piperidine rings is 1. The van der Waals surface area contributed by atoms with E-state index in [0.29, 0.717) is 24.9 Å². The van der Waals surface area contributed by atoms with Crippen LogP contribution in [0, 0.1) is 22.7 Å². The smallest absolute Gasteiger partial charge is 0.248 e. The van der Waals surface area contributed by atoms with Crippen molar-refractivity contribution in [2.24, 2.45) is 11.3 Å². The van der Waals surface area contributed by atoms with E-state index in [-0.39, 0.29) is 11.2 Å². The fourth-order valence-electron chi connectivity index (χ4n) is 4.67. The second-order valence-corrected chi connectivity index (χ2v) is 8.63. The Morgan fingerprint density at radius 1 is 1.24 bits per heavy atom. The summed E-state index contributed by atoms with van der Waals surface area (Å²) in [7, 11) is 0. The summed E-state index contributed by atoms with van der Waals surface area (Å²) in [6, 6.07) is 8.53. The van der Waals surface area contributed by atoms with Gasteiger partial charge in [0.25, 0.3) is 0 Å². The number of amides is 1. The molecule has 4 rings (SSSR count). The second kappa shape index (κ2) is 7.71. The lowest BCUT2D eigenvalue weighted by atomic mass is 9.77. The van der Waals surface area contributed by atoms with Gasteiger partial charge in [-0.1, -0.05) is 17.7 Å². The number of carbonyl (C=O) groups is 2. The fourth-order valence-corrected chi connectivity index (χ4v) is 4.67. The minimum Gasteiger partial charge on any atom is -0.306 e. The van der Waals surface area contributed by atoms with Crippen molar-refractivity contribution in [1.29, 1.82) is 5.26 Å². The van der Waals surface area contributed by atoms with Gasteiger partial charge in [0.05, 0.1) is 29.6 Å². The highest BCUT2D eigenvalue weighted by Gasteiger charge is 2.52. The van der Waals surface area contributed by atoms with Crippen LogP contribution in [0.4, 0.5) is 0 Å². The van der Waals surface area contributed by atoms with Crippen molar-refractivity contribution in [3.8, 4) is 6.07 Å². The average Bonchev–Trinajstić information content (AvgIpc) is 3.51. The van der Waals surface area contributed by atoms with Gasteiger partial charge in [-0.15, -0.1) is 0 Å². The van der Waals surface area contributed by atoms with Crippen LogP contribution < -0.4 is 16.1 Å². The van der Waals surface area contributed by atoms with Crippen molar-refractivity contribution >= 4 is 17.3 Å². The minimum absolute atomic E-state index is 0.0345. The van der Waals surface area contributed by atoms with Crippen LogP contribution in [0.5, 0.6) is 0 Å². The molecule has 0 bridgehead atoms. The first-order valence-corrected chi connectivity index (χ1v) is 10.1. The molecule has 7 heteroatoms. The number of nitrogens with one attached hydrogen (secondary N) is 3. The Morgan fingerprint density at radius 3 is 2.59 bits per heavy atom. The number of carbonyl (C=O) groups excluding carboxylic acids is 2. The molecule has 1 saturated carbocycles. The topological polar surface area (TPSA) is 114 Å². The number of ketones is 1. The molecule has 0 radical (unpaired) electrons. The molecule has 1 aromatic rings. The number of hydroxylamine groups is 1. The van der Waals surface area contributed by atoms with E-state index >= 15 is 0 Å². The van der Waals surface area contributed by atoms with E-state index in [1.807, 2.05) is 19.1 Å². The van der Waals surface area contributed by atoms with Crippen molar-refractivity contribution < 1.29 is 14.8 Å². The van der Waals surface area contributed by atoms with E-state index < -0.39 is 23.9 Å². The number of rotatable bonds is 4. The van der Waals surface area contributed by atoms with Crippen molar-refractivity contribution in [2.45, 2.75) is 44.7 Å². The number of nitriles is 1. The Balaban J connectivity index is 1.52. The van der Waals surface area contributed by atoms with Gasteiger partial charge < -0.3 is 10.6 Å². The summed E-state index contributed by atoms with van der Waals surface area (Å²) in [5.74, 6) is -1.08. The van der Waals surface area contributed by atoms with E-state index in [1.54, 1.807) is 17.6 Å². The van der Waals surface area contributed by atoms with Crippen LogP contribution in [0.3, 0.4) is 0 Å². The first-order chi connectivity index (χ1) is 14.0. The summed E-state index contributed by atoms with van der Waals surface area (Å²) >= 11 is 0. The van der Waals surface area contributed by atoms with Gasteiger partial charge in [0.2, 0.25) is 5.91 Å². The molecule has 1 aromatic carbocycles. The molecule has 0 aromatic heterocycles. The molecular formula is C22H26N4O3. The molecule has 7 nitrogen and oxygen atoms in total. The predicted octanol–water partition coefficient (Wildman–Crippen LogP) is 1.53. The molecule has 2 aliphatic heterocycles. The summed E-state index contributed by atoms with van der Waals surface area (Å²) in [5.41, 5.74) is 5.74. The quantitative estimate of drug-likeness (QED) is 0.455. The van der Waals surface area contributed by atoms with Gasteiger partial charge in [-0.2, -0.15) is 5.26 Å². The van der Waals surface area contributed by atoms with Gasteiger partial charge in [-0.05, 0) is 61.3 Å². The van der Waals surface area contributed by atoms with Crippen LogP contribution in [0.25, 0.3) is 5.57 Å². The molecule has 2 heterocycles. The highest BCUT2D eigenvalue weighted by atomic mass is 16.5. The molecule has 4 N–H and O–H groups in total. The Bertz CT molecular complexity index is 896. The monoisotopic (exact) mass is 394 g/mol. The van der Waals surface area contributed by atoms with E-state index in [2.05, 4.69) is 16.7 Å². The van der Waals surface area contributed by atoms with Crippen LogP contribution in [-0.4, -0.2) is 42.1 Å². The predicted molar refractivity (Wildman–Crippen MR) is 107 cm³/mol. The number of nitrogens with zero attached hydrogens (tertiary/aromatic N) is 1. The second-order valence-electron chi connectivity index (χ2n) is 8.63. The van der Waals surface area contributed by atoms with Crippen LogP contribution in [-0.2, 0) is 9.59 Å². The number of benzene rings is 1. The minimum atomic E-state index is -0.605. The van der Waals surface area contributed by atoms with E-state index in [4.69, 9.17) is 5.26 Å². The first-order valence-electron chi connectivity index (χ1n) is 10.1. The third-order valence-electron chi connectivity index (χ3n) is 6.71. The zero-order chi connectivity index (χ0) is 20.6. The lowest BCUT2D eigenvalue weighted by Gasteiger charge is -2.38. The summed E-state index contributed by atoms with van der Waals surface area (Å²) < 4.78 is 0. The van der Waals surface area contributed by atoms with E-state index in [1.165, 1.54) is 0 Å². The Morgan fingerprint density at radius 2 is 1.97 bits per heavy atom. The van der Waals surface area contributed by atoms with Gasteiger partial charge in [-0.3, -0.25) is 14.8 Å². The Hall–Kier alpha value is -2.53. The van der Waals surface area contributed by atoms with Crippen LogP contribution >= 0.6 is 0 Å². The standard InChI is InChI=1S/C22H26N4O3/c1-13-11-24-18(8-16(13)15-4-2-14(10-23)3-5-15)20(27)19-17(21(28)26-29)9-22(6-7-22)12-25-19/h2-5,17-19,24-25,29H,6-9,11-12H2,1H3,(H,26,28). The van der Waals surface area contributed by atoms with Gasteiger partial charge in [-0.25, -0.2) is 5.48 Å². The van der Waals surface area contributed by atoms with Crippen LogP contribution in [0.15, 0.2) is 29.8 Å². The van der Waals surface area contributed by atoms with Crippen molar-refractivity contribution in [3.05, 3.63) is 41.0 Å². The highest BCUT2D eigenvalue weighted by Crippen LogP contribution is 2.52. The van der Waals surface area contributed by atoms with E-state index in [0.717, 1.165) is 36.1 Å².